The Balaban J connectivity index is 1.99. The predicted molar refractivity (Wildman–Crippen MR) is 85.2 cm³/mol. The maximum atomic E-state index is 11.8. The molecule has 2 rings (SSSR count). The number of anilines is 2. The number of rotatable bonds is 3. The molecule has 6 heteroatoms. The number of nitrogens with one attached hydrogen (secondary N) is 2. The van der Waals surface area contributed by atoms with Gasteiger partial charge in [0.15, 0.2) is 5.78 Å². The predicted octanol–water partition coefficient (Wildman–Crippen LogP) is 3.12. The topological polar surface area (TPSA) is 75.3 Å². The quantitative estimate of drug-likeness (QED) is 0.675. The monoisotopic (exact) mass is 316 g/mol. The molecule has 0 saturated carbocycles. The van der Waals surface area contributed by atoms with Crippen LogP contribution in [0.4, 0.5) is 11.4 Å². The summed E-state index contributed by atoms with van der Waals surface area (Å²) in [7, 11) is 0. The lowest BCUT2D eigenvalue weighted by Gasteiger charge is -2.07. The van der Waals surface area contributed by atoms with Crippen LogP contribution in [0.25, 0.3) is 0 Å². The fourth-order valence-electron chi connectivity index (χ4n) is 1.73. The number of carbonyl (C=O) groups excluding carboxylic acids is 3. The van der Waals surface area contributed by atoms with E-state index in [9.17, 15) is 14.4 Å². The summed E-state index contributed by atoms with van der Waals surface area (Å²) in [5.74, 6) is -1.69. The first-order chi connectivity index (χ1) is 10.5. The standard InChI is InChI=1S/C16H13ClN2O3/c1-10(20)11-5-7-13(8-6-11)18-15(21)16(22)19-14-4-2-3-12(17)9-14/h2-9H,1H3,(H,18,21)(H,19,22). The Hall–Kier alpha value is -2.66. The molecule has 0 spiro atoms. The summed E-state index contributed by atoms with van der Waals surface area (Å²) in [5.41, 5.74) is 1.39. The van der Waals surface area contributed by atoms with Gasteiger partial charge in [0.1, 0.15) is 0 Å². The van der Waals surface area contributed by atoms with Crippen molar-refractivity contribution in [2.24, 2.45) is 0 Å². The molecule has 0 aliphatic carbocycles. The Morgan fingerprint density at radius 2 is 1.45 bits per heavy atom. The van der Waals surface area contributed by atoms with Gasteiger partial charge >= 0.3 is 11.8 Å². The molecule has 112 valence electrons. The molecule has 0 unspecified atom stereocenters. The van der Waals surface area contributed by atoms with Gasteiger partial charge in [-0.1, -0.05) is 17.7 Å². The summed E-state index contributed by atoms with van der Waals surface area (Å²) in [6, 6.07) is 12.7. The normalized spacial score (nSPS) is 9.91. The molecule has 0 bridgehead atoms. The van der Waals surface area contributed by atoms with E-state index in [2.05, 4.69) is 10.6 Å². The zero-order valence-electron chi connectivity index (χ0n) is 11.7. The lowest BCUT2D eigenvalue weighted by Crippen LogP contribution is -2.29. The number of benzene rings is 2. The summed E-state index contributed by atoms with van der Waals surface area (Å²) in [6.45, 7) is 1.45. The van der Waals surface area contributed by atoms with Crippen LogP contribution in [0.5, 0.6) is 0 Å². The van der Waals surface area contributed by atoms with E-state index in [0.29, 0.717) is 22.0 Å². The van der Waals surface area contributed by atoms with E-state index in [4.69, 9.17) is 11.6 Å². The molecule has 0 aliphatic rings. The summed E-state index contributed by atoms with van der Waals surface area (Å²) < 4.78 is 0. The summed E-state index contributed by atoms with van der Waals surface area (Å²) >= 11 is 5.80. The van der Waals surface area contributed by atoms with E-state index < -0.39 is 11.8 Å². The lowest BCUT2D eigenvalue weighted by molar-refractivity contribution is -0.132. The lowest BCUT2D eigenvalue weighted by atomic mass is 10.1. The van der Waals surface area contributed by atoms with Crippen molar-refractivity contribution in [2.75, 3.05) is 10.6 Å². The van der Waals surface area contributed by atoms with E-state index in [-0.39, 0.29) is 5.78 Å². The molecule has 2 aromatic carbocycles. The SMILES string of the molecule is CC(=O)c1ccc(NC(=O)C(=O)Nc2cccc(Cl)c2)cc1. The second-order valence-corrected chi connectivity index (χ2v) is 4.99. The Labute approximate surface area is 132 Å². The maximum absolute atomic E-state index is 11.8. The largest absolute Gasteiger partial charge is 0.318 e. The third kappa shape index (κ3) is 4.17. The smallest absolute Gasteiger partial charge is 0.314 e. The fraction of sp³-hybridized carbons (Fsp3) is 0.0625. The van der Waals surface area contributed by atoms with Gasteiger partial charge in [-0.15, -0.1) is 0 Å². The summed E-state index contributed by atoms with van der Waals surface area (Å²) in [4.78, 5) is 34.7. The van der Waals surface area contributed by atoms with Gasteiger partial charge in [-0.3, -0.25) is 14.4 Å². The highest BCUT2D eigenvalue weighted by Gasteiger charge is 2.14. The van der Waals surface area contributed by atoms with Crippen LogP contribution in [0.1, 0.15) is 17.3 Å². The van der Waals surface area contributed by atoms with Gasteiger partial charge in [-0.25, -0.2) is 0 Å². The third-order valence-corrected chi connectivity index (χ3v) is 3.07. The average molecular weight is 317 g/mol. The number of halogens is 1. The Morgan fingerprint density at radius 1 is 0.864 bits per heavy atom. The molecule has 0 aliphatic heterocycles. The first-order valence-corrected chi connectivity index (χ1v) is 6.82. The second-order valence-electron chi connectivity index (χ2n) is 4.55. The van der Waals surface area contributed by atoms with E-state index >= 15 is 0 Å². The fourth-order valence-corrected chi connectivity index (χ4v) is 1.92. The van der Waals surface area contributed by atoms with Crippen LogP contribution < -0.4 is 10.6 Å². The second kappa shape index (κ2) is 6.87. The highest BCUT2D eigenvalue weighted by atomic mass is 35.5. The molecule has 0 atom stereocenters. The van der Waals surface area contributed by atoms with Crippen molar-refractivity contribution in [3.8, 4) is 0 Å². The zero-order valence-corrected chi connectivity index (χ0v) is 12.5. The van der Waals surface area contributed by atoms with Crippen LogP contribution in [0.3, 0.4) is 0 Å². The molecule has 0 aromatic heterocycles. The van der Waals surface area contributed by atoms with Crippen molar-refractivity contribution in [2.45, 2.75) is 6.92 Å². The molecular weight excluding hydrogens is 304 g/mol. The van der Waals surface area contributed by atoms with Crippen molar-refractivity contribution >= 4 is 40.6 Å². The van der Waals surface area contributed by atoms with Crippen molar-refractivity contribution in [3.63, 3.8) is 0 Å². The maximum Gasteiger partial charge on any atom is 0.314 e. The molecule has 0 saturated heterocycles. The van der Waals surface area contributed by atoms with Gasteiger partial charge in [-0.2, -0.15) is 0 Å². The van der Waals surface area contributed by atoms with Crippen LogP contribution in [-0.4, -0.2) is 17.6 Å². The van der Waals surface area contributed by atoms with E-state index in [1.165, 1.54) is 13.0 Å². The number of amides is 2. The number of hydrogen-bond donors (Lipinski definition) is 2. The summed E-state index contributed by atoms with van der Waals surface area (Å²) in [6.07, 6.45) is 0. The number of Topliss-reactive ketones (excluding diaryl/α,β-unsaturated/α-hetero) is 1. The highest BCUT2D eigenvalue weighted by Crippen LogP contribution is 2.15. The number of hydrogen-bond acceptors (Lipinski definition) is 3. The van der Waals surface area contributed by atoms with Gasteiger partial charge < -0.3 is 10.6 Å². The van der Waals surface area contributed by atoms with Gasteiger partial charge in [-0.05, 0) is 49.4 Å². The van der Waals surface area contributed by atoms with Crippen molar-refractivity contribution in [1.29, 1.82) is 0 Å². The van der Waals surface area contributed by atoms with E-state index in [1.807, 2.05) is 0 Å². The first-order valence-electron chi connectivity index (χ1n) is 6.44. The molecule has 5 nitrogen and oxygen atoms in total. The van der Waals surface area contributed by atoms with Crippen LogP contribution in [0, 0.1) is 0 Å². The van der Waals surface area contributed by atoms with Crippen molar-refractivity contribution in [3.05, 3.63) is 59.1 Å². The van der Waals surface area contributed by atoms with Crippen molar-refractivity contribution < 1.29 is 14.4 Å². The third-order valence-electron chi connectivity index (χ3n) is 2.84. The minimum Gasteiger partial charge on any atom is -0.318 e. The van der Waals surface area contributed by atoms with Crippen molar-refractivity contribution in [1.82, 2.24) is 0 Å². The number of ketones is 1. The number of carbonyl (C=O) groups is 3. The van der Waals surface area contributed by atoms with E-state index in [0.717, 1.165) is 0 Å². The minimum absolute atomic E-state index is 0.0726. The Bertz CT molecular complexity index is 726. The molecular formula is C16H13ClN2O3. The van der Waals surface area contributed by atoms with Crippen LogP contribution in [-0.2, 0) is 9.59 Å². The van der Waals surface area contributed by atoms with Crippen LogP contribution in [0.2, 0.25) is 5.02 Å². The summed E-state index contributed by atoms with van der Waals surface area (Å²) in [5, 5.41) is 5.35. The Kier molecular flexibility index (Phi) is 4.91. The average Bonchev–Trinajstić information content (AvgIpc) is 2.47. The molecule has 22 heavy (non-hydrogen) atoms. The molecule has 2 aromatic rings. The van der Waals surface area contributed by atoms with Gasteiger partial charge in [0.05, 0.1) is 0 Å². The van der Waals surface area contributed by atoms with Crippen LogP contribution in [0.15, 0.2) is 48.5 Å². The minimum atomic E-state index is -0.810. The molecule has 0 heterocycles. The molecule has 2 amide bonds. The van der Waals surface area contributed by atoms with Gasteiger partial charge in [0, 0.05) is 22.0 Å². The zero-order chi connectivity index (χ0) is 16.1. The first kappa shape index (κ1) is 15.7. The molecule has 0 fully saturated rings. The Morgan fingerprint density at radius 3 is 2.00 bits per heavy atom. The van der Waals surface area contributed by atoms with Crippen LogP contribution >= 0.6 is 11.6 Å². The van der Waals surface area contributed by atoms with E-state index in [1.54, 1.807) is 42.5 Å². The molecule has 2 N–H and O–H groups in total. The highest BCUT2D eigenvalue weighted by molar-refractivity contribution is 6.43. The van der Waals surface area contributed by atoms with Gasteiger partial charge in [0.2, 0.25) is 0 Å². The molecule has 0 radical (unpaired) electrons. The van der Waals surface area contributed by atoms with Gasteiger partial charge in [0.25, 0.3) is 0 Å².